The summed E-state index contributed by atoms with van der Waals surface area (Å²) in [5.41, 5.74) is 1.98. The molecule has 0 bridgehead atoms. The topological polar surface area (TPSA) is 102 Å². The van der Waals surface area contributed by atoms with E-state index in [1.807, 2.05) is 0 Å². The molecule has 2 aromatic carbocycles. The Morgan fingerprint density at radius 1 is 1.00 bits per heavy atom. The molecule has 2 aromatic rings. The Balaban J connectivity index is 1.95. The lowest BCUT2D eigenvalue weighted by Gasteiger charge is -2.19. The van der Waals surface area contributed by atoms with Crippen molar-refractivity contribution in [2.75, 3.05) is 31.6 Å². The van der Waals surface area contributed by atoms with Crippen LogP contribution in [0, 0.1) is 6.92 Å². The van der Waals surface area contributed by atoms with Crippen molar-refractivity contribution in [2.24, 2.45) is 0 Å². The van der Waals surface area contributed by atoms with Gasteiger partial charge in [-0.05, 0) is 55.3 Å². The van der Waals surface area contributed by atoms with Gasteiger partial charge in [0.1, 0.15) is 5.75 Å². The predicted octanol–water partition coefficient (Wildman–Crippen LogP) is 3.15. The number of esters is 1. The molecule has 2 rings (SSSR count). The molecule has 32 heavy (non-hydrogen) atoms. The second-order valence-electron chi connectivity index (χ2n) is 7.03. The Labute approximate surface area is 189 Å². The van der Waals surface area contributed by atoms with Gasteiger partial charge in [0.05, 0.1) is 17.9 Å². The maximum absolute atomic E-state index is 12.6. The quantitative estimate of drug-likeness (QED) is 0.515. The summed E-state index contributed by atoms with van der Waals surface area (Å²) in [7, 11) is -3.56. The van der Waals surface area contributed by atoms with E-state index in [0.29, 0.717) is 36.7 Å². The second-order valence-corrected chi connectivity index (χ2v) is 8.97. The third-order valence-corrected chi connectivity index (χ3v) is 6.79. The number of nitrogens with zero attached hydrogens (tertiary/aromatic N) is 1. The first-order chi connectivity index (χ1) is 15.2. The van der Waals surface area contributed by atoms with Crippen LogP contribution in [0.2, 0.25) is 0 Å². The molecule has 0 unspecified atom stereocenters. The van der Waals surface area contributed by atoms with Crippen molar-refractivity contribution in [1.29, 1.82) is 0 Å². The zero-order chi connectivity index (χ0) is 23.7. The number of nitrogens with one attached hydrogen (secondary N) is 1. The highest BCUT2D eigenvalue weighted by molar-refractivity contribution is 7.89. The minimum atomic E-state index is -3.56. The molecule has 0 aromatic heterocycles. The molecule has 0 saturated heterocycles. The molecule has 0 fully saturated rings. The Bertz CT molecular complexity index is 1030. The van der Waals surface area contributed by atoms with Gasteiger partial charge in [-0.3, -0.25) is 9.59 Å². The number of anilines is 1. The van der Waals surface area contributed by atoms with Gasteiger partial charge in [0, 0.05) is 18.8 Å². The molecule has 0 heterocycles. The molecule has 174 valence electrons. The van der Waals surface area contributed by atoms with Crippen LogP contribution in [0.4, 0.5) is 5.69 Å². The van der Waals surface area contributed by atoms with E-state index < -0.39 is 10.0 Å². The molecule has 0 atom stereocenters. The van der Waals surface area contributed by atoms with Crippen molar-refractivity contribution in [3.63, 3.8) is 0 Å². The fraction of sp³-hybridized carbons (Fsp3) is 0.391. The van der Waals surface area contributed by atoms with E-state index >= 15 is 0 Å². The van der Waals surface area contributed by atoms with Gasteiger partial charge in [-0.1, -0.05) is 26.0 Å². The lowest BCUT2D eigenvalue weighted by atomic mass is 10.1. The second kappa shape index (κ2) is 11.6. The summed E-state index contributed by atoms with van der Waals surface area (Å²) in [6.07, 6.45) is 0.171. The molecule has 8 nitrogen and oxygen atoms in total. The maximum atomic E-state index is 12.6. The largest absolute Gasteiger partial charge is 0.483 e. The first-order valence-corrected chi connectivity index (χ1v) is 11.9. The molecular formula is C23H30N2O6S. The summed E-state index contributed by atoms with van der Waals surface area (Å²) >= 11 is 0. The van der Waals surface area contributed by atoms with Crippen molar-refractivity contribution in [2.45, 2.75) is 39.0 Å². The van der Waals surface area contributed by atoms with Crippen LogP contribution < -0.4 is 10.1 Å². The Kier molecular flexibility index (Phi) is 9.22. The molecule has 0 aliphatic heterocycles. The number of benzene rings is 2. The van der Waals surface area contributed by atoms with Gasteiger partial charge in [0.25, 0.3) is 5.91 Å². The Morgan fingerprint density at radius 3 is 2.22 bits per heavy atom. The van der Waals surface area contributed by atoms with Crippen molar-refractivity contribution in [1.82, 2.24) is 4.31 Å². The van der Waals surface area contributed by atoms with Crippen LogP contribution in [0.3, 0.4) is 0 Å². The molecule has 0 aliphatic carbocycles. The molecule has 9 heteroatoms. The summed E-state index contributed by atoms with van der Waals surface area (Å²) in [5.74, 6) is -0.227. The van der Waals surface area contributed by atoms with Gasteiger partial charge in [-0.2, -0.15) is 4.31 Å². The number of hydrogen-bond acceptors (Lipinski definition) is 6. The van der Waals surface area contributed by atoms with Crippen molar-refractivity contribution in [3.05, 3.63) is 53.6 Å². The van der Waals surface area contributed by atoms with E-state index in [1.54, 1.807) is 64.1 Å². The highest BCUT2D eigenvalue weighted by atomic mass is 32.2. The zero-order valence-corrected chi connectivity index (χ0v) is 19.7. The lowest BCUT2D eigenvalue weighted by Crippen LogP contribution is -2.30. The maximum Gasteiger partial charge on any atom is 0.310 e. The normalized spacial score (nSPS) is 11.3. The number of hydrogen-bond donors (Lipinski definition) is 1. The number of aryl methyl sites for hydroxylation is 1. The van der Waals surface area contributed by atoms with Crippen LogP contribution in [-0.2, 0) is 30.8 Å². The first-order valence-electron chi connectivity index (χ1n) is 10.5. The number of amides is 1. The van der Waals surface area contributed by atoms with Crippen LogP contribution in [0.5, 0.6) is 5.75 Å². The van der Waals surface area contributed by atoms with Gasteiger partial charge in [-0.25, -0.2) is 8.42 Å². The van der Waals surface area contributed by atoms with E-state index in [2.05, 4.69) is 5.32 Å². The van der Waals surface area contributed by atoms with Crippen LogP contribution in [0.15, 0.2) is 47.4 Å². The fourth-order valence-electron chi connectivity index (χ4n) is 3.08. The minimum Gasteiger partial charge on any atom is -0.483 e. The van der Waals surface area contributed by atoms with E-state index in [4.69, 9.17) is 9.47 Å². The van der Waals surface area contributed by atoms with Crippen LogP contribution in [0.25, 0.3) is 0 Å². The van der Waals surface area contributed by atoms with Gasteiger partial charge < -0.3 is 14.8 Å². The van der Waals surface area contributed by atoms with E-state index in [9.17, 15) is 18.0 Å². The number of ether oxygens (including phenoxy) is 2. The van der Waals surface area contributed by atoms with E-state index in [1.165, 1.54) is 10.4 Å². The van der Waals surface area contributed by atoms with E-state index in [-0.39, 0.29) is 29.8 Å². The summed E-state index contributed by atoms with van der Waals surface area (Å²) in [4.78, 5) is 23.9. The average molecular weight is 463 g/mol. The first kappa shape index (κ1) is 25.4. The predicted molar refractivity (Wildman–Crippen MR) is 122 cm³/mol. The minimum absolute atomic E-state index is 0.171. The number of carbonyl (C=O) groups is 2. The van der Waals surface area contributed by atoms with Gasteiger partial charge in [-0.15, -0.1) is 0 Å². The van der Waals surface area contributed by atoms with Crippen LogP contribution in [-0.4, -0.2) is 50.9 Å². The molecule has 0 saturated carbocycles. The monoisotopic (exact) mass is 462 g/mol. The average Bonchev–Trinajstić information content (AvgIpc) is 2.75. The zero-order valence-electron chi connectivity index (χ0n) is 18.9. The summed E-state index contributed by atoms with van der Waals surface area (Å²) < 4.78 is 37.1. The molecular weight excluding hydrogens is 432 g/mol. The van der Waals surface area contributed by atoms with E-state index in [0.717, 1.165) is 5.56 Å². The third-order valence-electron chi connectivity index (χ3n) is 4.74. The summed E-state index contributed by atoms with van der Waals surface area (Å²) in [5, 5.41) is 2.72. The number of carbonyl (C=O) groups excluding carboxylic acids is 2. The highest BCUT2D eigenvalue weighted by Gasteiger charge is 2.22. The molecule has 1 N–H and O–H groups in total. The fourth-order valence-corrected chi connectivity index (χ4v) is 4.63. The van der Waals surface area contributed by atoms with Crippen LogP contribution >= 0.6 is 0 Å². The summed E-state index contributed by atoms with van der Waals surface area (Å²) in [6.45, 7) is 7.95. The smallest absolute Gasteiger partial charge is 0.310 e. The SMILES string of the molecule is CCOC(=O)Cc1ccc(NC(=O)COc2ccc(S(=O)(=O)N(CC)CC)cc2C)cc1. The van der Waals surface area contributed by atoms with Crippen molar-refractivity contribution < 1.29 is 27.5 Å². The van der Waals surface area contributed by atoms with Gasteiger partial charge in [0.2, 0.25) is 10.0 Å². The standard InChI is InChI=1S/C23H30N2O6S/c1-5-25(6-2)32(28,29)20-12-13-21(17(4)14-20)31-16-22(26)24-19-10-8-18(9-11-19)15-23(27)30-7-3/h8-14H,5-7,15-16H2,1-4H3,(H,24,26). The molecule has 1 amide bonds. The number of sulfonamides is 1. The number of rotatable bonds is 11. The molecule has 0 radical (unpaired) electrons. The molecule has 0 spiro atoms. The van der Waals surface area contributed by atoms with Gasteiger partial charge >= 0.3 is 5.97 Å². The highest BCUT2D eigenvalue weighted by Crippen LogP contribution is 2.24. The van der Waals surface area contributed by atoms with Crippen LogP contribution in [0.1, 0.15) is 31.9 Å². The van der Waals surface area contributed by atoms with Crippen molar-refractivity contribution >= 4 is 27.6 Å². The molecule has 0 aliphatic rings. The lowest BCUT2D eigenvalue weighted by molar-refractivity contribution is -0.142. The van der Waals surface area contributed by atoms with Crippen molar-refractivity contribution in [3.8, 4) is 5.75 Å². The van der Waals surface area contributed by atoms with Gasteiger partial charge in [0.15, 0.2) is 6.61 Å². The third kappa shape index (κ3) is 6.80. The summed E-state index contributed by atoms with van der Waals surface area (Å²) in [6, 6.07) is 11.5. The Hall–Kier alpha value is -2.91. The Morgan fingerprint density at radius 2 is 1.66 bits per heavy atom.